The summed E-state index contributed by atoms with van der Waals surface area (Å²) in [6, 6.07) is 20.5. The minimum absolute atomic E-state index is 0.0180. The van der Waals surface area contributed by atoms with Crippen molar-refractivity contribution >= 4 is 32.8 Å². The Morgan fingerprint density at radius 3 is 2.24 bits per heavy atom. The molecule has 1 aromatic heterocycles. The molecule has 144 valence electrons. The number of fused-ring (bicyclic) bond motifs is 1. The van der Waals surface area contributed by atoms with Gasteiger partial charge in [0.25, 0.3) is 10.0 Å². The molecule has 0 atom stereocenters. The molecular formula is C23H16FNO3S. The fourth-order valence-electron chi connectivity index (χ4n) is 3.09. The Morgan fingerprint density at radius 1 is 0.862 bits per heavy atom. The first-order chi connectivity index (χ1) is 14.0. The predicted molar refractivity (Wildman–Crippen MR) is 111 cm³/mol. The van der Waals surface area contributed by atoms with Crippen molar-refractivity contribution < 1.29 is 17.6 Å². The molecule has 0 aliphatic carbocycles. The van der Waals surface area contributed by atoms with Gasteiger partial charge in [-0.2, -0.15) is 0 Å². The van der Waals surface area contributed by atoms with Gasteiger partial charge in [0.1, 0.15) is 5.82 Å². The van der Waals surface area contributed by atoms with E-state index >= 15 is 0 Å². The van der Waals surface area contributed by atoms with E-state index in [4.69, 9.17) is 0 Å². The number of benzene rings is 3. The van der Waals surface area contributed by atoms with Crippen molar-refractivity contribution in [2.24, 2.45) is 0 Å². The van der Waals surface area contributed by atoms with Crippen molar-refractivity contribution in [1.82, 2.24) is 3.97 Å². The highest BCUT2D eigenvalue weighted by atomic mass is 32.2. The third-order valence-electron chi connectivity index (χ3n) is 4.55. The molecule has 0 amide bonds. The zero-order chi connectivity index (χ0) is 20.4. The molecule has 3 aromatic carbocycles. The number of hydrogen-bond donors (Lipinski definition) is 0. The Labute approximate surface area is 167 Å². The topological polar surface area (TPSA) is 56.1 Å². The molecule has 0 fully saturated rings. The van der Waals surface area contributed by atoms with Gasteiger partial charge in [0.05, 0.1) is 10.4 Å². The van der Waals surface area contributed by atoms with Gasteiger partial charge < -0.3 is 0 Å². The van der Waals surface area contributed by atoms with Crippen LogP contribution in [0.2, 0.25) is 0 Å². The number of allylic oxidation sites excluding steroid dienone is 1. The first-order valence-corrected chi connectivity index (χ1v) is 10.3. The molecular weight excluding hydrogens is 389 g/mol. The second-order valence-corrected chi connectivity index (χ2v) is 8.23. The third kappa shape index (κ3) is 3.62. The van der Waals surface area contributed by atoms with Crippen LogP contribution >= 0.6 is 0 Å². The Kier molecular flexibility index (Phi) is 4.86. The smallest absolute Gasteiger partial charge is 0.268 e. The monoisotopic (exact) mass is 405 g/mol. The quantitative estimate of drug-likeness (QED) is 0.350. The Morgan fingerprint density at radius 2 is 1.52 bits per heavy atom. The molecule has 29 heavy (non-hydrogen) atoms. The van der Waals surface area contributed by atoms with Crippen molar-refractivity contribution in [2.45, 2.75) is 4.90 Å². The van der Waals surface area contributed by atoms with Crippen molar-refractivity contribution in [3.63, 3.8) is 0 Å². The van der Waals surface area contributed by atoms with Gasteiger partial charge in [-0.05, 0) is 42.5 Å². The van der Waals surface area contributed by atoms with Crippen LogP contribution < -0.4 is 0 Å². The summed E-state index contributed by atoms with van der Waals surface area (Å²) in [4.78, 5) is 12.3. The van der Waals surface area contributed by atoms with E-state index in [0.29, 0.717) is 22.0 Å². The summed E-state index contributed by atoms with van der Waals surface area (Å²) in [7, 11) is -3.92. The van der Waals surface area contributed by atoms with Crippen molar-refractivity contribution in [3.8, 4) is 0 Å². The Bertz CT molecular complexity index is 1320. The van der Waals surface area contributed by atoms with E-state index in [1.807, 2.05) is 6.07 Å². The standard InChI is InChI=1S/C23H16FNO3S/c24-19-11-13-20(14-12-19)29(27,28)25-16-18(21-8-4-5-9-22(21)25)10-15-23(26)17-6-2-1-3-7-17/h1-16H/b15-10+. The van der Waals surface area contributed by atoms with Gasteiger partial charge in [-0.15, -0.1) is 0 Å². The van der Waals surface area contributed by atoms with Gasteiger partial charge in [0.2, 0.25) is 0 Å². The number of aromatic nitrogens is 1. The zero-order valence-electron chi connectivity index (χ0n) is 15.2. The van der Waals surface area contributed by atoms with Crippen molar-refractivity contribution in [3.05, 3.63) is 108 Å². The van der Waals surface area contributed by atoms with Crippen LogP contribution in [0.4, 0.5) is 4.39 Å². The van der Waals surface area contributed by atoms with Gasteiger partial charge >= 0.3 is 0 Å². The number of carbonyl (C=O) groups excluding carboxylic acids is 1. The number of halogens is 1. The molecule has 0 N–H and O–H groups in total. The van der Waals surface area contributed by atoms with E-state index in [-0.39, 0.29) is 10.7 Å². The van der Waals surface area contributed by atoms with Crippen LogP contribution in [0.25, 0.3) is 17.0 Å². The molecule has 0 unspecified atom stereocenters. The van der Waals surface area contributed by atoms with Crippen LogP contribution in [0.3, 0.4) is 0 Å². The molecule has 4 nitrogen and oxygen atoms in total. The largest absolute Gasteiger partial charge is 0.289 e. The van der Waals surface area contributed by atoms with Crippen molar-refractivity contribution in [1.29, 1.82) is 0 Å². The minimum Gasteiger partial charge on any atom is -0.289 e. The van der Waals surface area contributed by atoms with Crippen LogP contribution in [-0.2, 0) is 10.0 Å². The zero-order valence-corrected chi connectivity index (χ0v) is 16.0. The first kappa shape index (κ1) is 18.8. The summed E-state index contributed by atoms with van der Waals surface area (Å²) in [6.45, 7) is 0. The van der Waals surface area contributed by atoms with Crippen LogP contribution in [0.1, 0.15) is 15.9 Å². The summed E-state index contributed by atoms with van der Waals surface area (Å²) in [5, 5.41) is 0.690. The van der Waals surface area contributed by atoms with Crippen LogP contribution in [0, 0.1) is 5.82 Å². The molecule has 4 rings (SSSR count). The SMILES string of the molecule is O=C(/C=C/c1cn(S(=O)(=O)c2ccc(F)cc2)c2ccccc12)c1ccccc1. The molecule has 6 heteroatoms. The maximum atomic E-state index is 13.2. The highest BCUT2D eigenvalue weighted by Crippen LogP contribution is 2.27. The number of para-hydroxylation sites is 1. The van der Waals surface area contributed by atoms with Crippen molar-refractivity contribution in [2.75, 3.05) is 0 Å². The summed E-state index contributed by atoms with van der Waals surface area (Å²) in [6.07, 6.45) is 4.50. The fraction of sp³-hybridized carbons (Fsp3) is 0. The second kappa shape index (κ2) is 7.48. The summed E-state index contributed by atoms with van der Waals surface area (Å²) < 4.78 is 40.5. The van der Waals surface area contributed by atoms with Gasteiger partial charge in [0.15, 0.2) is 5.78 Å². The summed E-state index contributed by atoms with van der Waals surface area (Å²) in [5.74, 6) is -0.687. The number of carbonyl (C=O) groups is 1. The molecule has 0 spiro atoms. The molecule has 0 saturated heterocycles. The number of rotatable bonds is 5. The lowest BCUT2D eigenvalue weighted by Gasteiger charge is -2.07. The van der Waals surface area contributed by atoms with E-state index < -0.39 is 15.8 Å². The first-order valence-electron chi connectivity index (χ1n) is 8.85. The number of ketones is 1. The van der Waals surface area contributed by atoms with Gasteiger partial charge in [-0.1, -0.05) is 48.5 Å². The van der Waals surface area contributed by atoms with E-state index in [1.165, 1.54) is 24.4 Å². The predicted octanol–water partition coefficient (Wildman–Crippen LogP) is 4.91. The average Bonchev–Trinajstić information content (AvgIpc) is 3.12. The molecule has 1 heterocycles. The Hall–Kier alpha value is -3.51. The van der Waals surface area contributed by atoms with E-state index in [2.05, 4.69) is 0 Å². The molecule has 4 aromatic rings. The van der Waals surface area contributed by atoms with E-state index in [9.17, 15) is 17.6 Å². The highest BCUT2D eigenvalue weighted by molar-refractivity contribution is 7.90. The fourth-order valence-corrected chi connectivity index (χ4v) is 4.47. The maximum Gasteiger partial charge on any atom is 0.268 e. The summed E-state index contributed by atoms with van der Waals surface area (Å²) in [5.41, 5.74) is 1.62. The molecule has 0 aliphatic heterocycles. The number of nitrogens with zero attached hydrogens (tertiary/aromatic N) is 1. The van der Waals surface area contributed by atoms with Crippen LogP contribution in [0.15, 0.2) is 96.0 Å². The average molecular weight is 405 g/mol. The molecule has 0 radical (unpaired) electrons. The molecule has 0 aliphatic rings. The maximum absolute atomic E-state index is 13.2. The molecule has 0 saturated carbocycles. The number of hydrogen-bond acceptors (Lipinski definition) is 3. The third-order valence-corrected chi connectivity index (χ3v) is 6.24. The lowest BCUT2D eigenvalue weighted by Crippen LogP contribution is -2.11. The lowest BCUT2D eigenvalue weighted by atomic mass is 10.1. The minimum atomic E-state index is -3.92. The second-order valence-electron chi connectivity index (χ2n) is 6.42. The van der Waals surface area contributed by atoms with Gasteiger partial charge in [-0.3, -0.25) is 4.79 Å². The van der Waals surface area contributed by atoms with E-state index in [1.54, 1.807) is 54.6 Å². The lowest BCUT2D eigenvalue weighted by molar-refractivity contribution is 0.104. The normalized spacial score (nSPS) is 11.9. The Balaban J connectivity index is 1.79. The summed E-state index contributed by atoms with van der Waals surface area (Å²) >= 11 is 0. The highest BCUT2D eigenvalue weighted by Gasteiger charge is 2.20. The van der Waals surface area contributed by atoms with E-state index in [0.717, 1.165) is 16.1 Å². The van der Waals surface area contributed by atoms with Crippen LogP contribution in [-0.4, -0.2) is 18.2 Å². The molecule has 0 bridgehead atoms. The van der Waals surface area contributed by atoms with Crippen LogP contribution in [0.5, 0.6) is 0 Å². The van der Waals surface area contributed by atoms with Gasteiger partial charge in [-0.25, -0.2) is 16.8 Å². The van der Waals surface area contributed by atoms with Gasteiger partial charge in [0, 0.05) is 22.7 Å².